The number of rotatable bonds is 13. The molecule has 0 atom stereocenters. The number of para-hydroxylation sites is 3. The molecule has 3 N–H and O–H groups in total. The van der Waals surface area contributed by atoms with Gasteiger partial charge in [-0.1, -0.05) is 56.0 Å². The number of anilines is 2. The van der Waals surface area contributed by atoms with E-state index in [2.05, 4.69) is 86.7 Å². The number of benzene rings is 3. The van der Waals surface area contributed by atoms with Crippen LogP contribution < -0.4 is 20.7 Å². The molecule has 4 aromatic rings. The van der Waals surface area contributed by atoms with Crippen molar-refractivity contribution < 1.29 is 9.53 Å². The number of hydrogen-bond acceptors (Lipinski definition) is 4. The Morgan fingerprint density at radius 1 is 0.872 bits per heavy atom. The molecular weight excluding hydrogens is 526 g/mol. The van der Waals surface area contributed by atoms with Gasteiger partial charge in [-0.15, -0.1) is 4.36 Å². The van der Waals surface area contributed by atoms with Crippen LogP contribution in [0.2, 0.25) is 0 Å². The number of carbonyl (C=O) groups is 1. The Morgan fingerprint density at radius 3 is 2.41 bits per heavy atom. The maximum Gasteiger partial charge on any atom is 0.356 e. The zero-order valence-corrected chi connectivity index (χ0v) is 23.9. The summed E-state index contributed by atoms with van der Waals surface area (Å²) in [6.07, 6.45) is 6.61. The van der Waals surface area contributed by atoms with Gasteiger partial charge in [0.25, 0.3) is 0 Å². The summed E-state index contributed by atoms with van der Waals surface area (Å²) < 4.78 is 11.4. The maximum atomic E-state index is 11.4. The van der Waals surface area contributed by atoms with E-state index in [9.17, 15) is 4.79 Å². The predicted octanol–water partition coefficient (Wildman–Crippen LogP) is 7.78. The number of hydrogen-bond donors (Lipinski definition) is 3. The van der Waals surface area contributed by atoms with Crippen LogP contribution in [-0.2, 0) is 19.0 Å². The van der Waals surface area contributed by atoms with E-state index in [1.807, 2.05) is 18.2 Å². The molecule has 1 heterocycles. The van der Waals surface area contributed by atoms with E-state index in [1.165, 1.54) is 28.2 Å². The Labute approximate surface area is 240 Å². The third kappa shape index (κ3) is 7.74. The number of aryl methyl sites for hydroxylation is 1. The average Bonchev–Trinajstić information content (AvgIpc) is 3.27. The molecule has 39 heavy (non-hydrogen) atoms. The molecular formula is C30H35N5O2S2. The van der Waals surface area contributed by atoms with Gasteiger partial charge in [-0.25, -0.2) is 4.79 Å². The first-order valence-corrected chi connectivity index (χ1v) is 14.3. The van der Waals surface area contributed by atoms with Gasteiger partial charge in [0.05, 0.1) is 12.3 Å². The molecule has 0 unspecified atom stereocenters. The Kier molecular flexibility index (Phi) is 10.6. The average molecular weight is 562 g/mol. The number of nitrogens with zero attached hydrogens (tertiary/aromatic N) is 2. The molecule has 1 aromatic heterocycles. The standard InChI is InChI=1S/C30H35N5O2S2/c1-2-35-26-15-9-7-13-23(26)24-21-22(17-18-27(24)35)32-30(38)31-19-11-5-3-4-6-12-20-37-28-16-10-8-14-25(28)33-29(36)34-39/h7-10,13-18,21H,2-6,11-12,19-20H2,1H3,(H,33,36)(H2,31,32,38). The fourth-order valence-electron chi connectivity index (χ4n) is 4.80. The molecule has 0 radical (unpaired) electrons. The fraction of sp³-hybridized carbons (Fsp3) is 0.333. The van der Waals surface area contributed by atoms with Crippen LogP contribution in [0.3, 0.4) is 0 Å². The zero-order valence-electron chi connectivity index (χ0n) is 22.2. The van der Waals surface area contributed by atoms with Gasteiger partial charge >= 0.3 is 6.03 Å². The fourth-order valence-corrected chi connectivity index (χ4v) is 5.06. The molecule has 0 aliphatic heterocycles. The predicted molar refractivity (Wildman–Crippen MR) is 168 cm³/mol. The summed E-state index contributed by atoms with van der Waals surface area (Å²) in [6, 6.07) is 21.7. The number of aromatic nitrogens is 1. The summed E-state index contributed by atoms with van der Waals surface area (Å²) in [5.41, 5.74) is 4.09. The van der Waals surface area contributed by atoms with Crippen LogP contribution in [0.25, 0.3) is 21.8 Å². The molecule has 0 aliphatic rings. The Morgan fingerprint density at radius 2 is 1.59 bits per heavy atom. The normalized spacial score (nSPS) is 10.9. The van der Waals surface area contributed by atoms with Crippen molar-refractivity contribution in [2.24, 2.45) is 4.36 Å². The van der Waals surface area contributed by atoms with Gasteiger partial charge in [0.1, 0.15) is 5.75 Å². The first kappa shape index (κ1) is 28.4. The smallest absolute Gasteiger partial charge is 0.356 e. The number of ether oxygens (including phenoxy) is 1. The molecule has 0 bridgehead atoms. The highest BCUT2D eigenvalue weighted by Gasteiger charge is 2.10. The van der Waals surface area contributed by atoms with Gasteiger partial charge in [0, 0.05) is 53.0 Å². The monoisotopic (exact) mass is 561 g/mol. The minimum atomic E-state index is -0.565. The van der Waals surface area contributed by atoms with E-state index < -0.39 is 6.03 Å². The molecule has 3 aromatic carbocycles. The van der Waals surface area contributed by atoms with Crippen molar-refractivity contribution in [3.8, 4) is 5.75 Å². The van der Waals surface area contributed by atoms with E-state index in [-0.39, 0.29) is 0 Å². The van der Waals surface area contributed by atoms with Crippen LogP contribution in [0.15, 0.2) is 71.1 Å². The highest BCUT2D eigenvalue weighted by Crippen LogP contribution is 2.31. The van der Waals surface area contributed by atoms with E-state index in [0.717, 1.165) is 50.9 Å². The number of urea groups is 1. The summed E-state index contributed by atoms with van der Waals surface area (Å²) in [4.78, 5) is 11.4. The van der Waals surface area contributed by atoms with Gasteiger partial charge in [-0.3, -0.25) is 0 Å². The van der Waals surface area contributed by atoms with Gasteiger partial charge in [0.2, 0.25) is 0 Å². The van der Waals surface area contributed by atoms with Crippen LogP contribution in [-0.4, -0.2) is 28.9 Å². The van der Waals surface area contributed by atoms with Crippen LogP contribution in [0.5, 0.6) is 5.75 Å². The van der Waals surface area contributed by atoms with Gasteiger partial charge in [-0.05, 0) is 68.4 Å². The quantitative estimate of drug-likeness (QED) is 0.114. The summed E-state index contributed by atoms with van der Waals surface area (Å²) in [5, 5.41) is 12.5. The van der Waals surface area contributed by atoms with Crippen LogP contribution in [0.1, 0.15) is 45.4 Å². The first-order chi connectivity index (χ1) is 19.1. The Bertz CT molecular complexity index is 1440. The highest BCUT2D eigenvalue weighted by molar-refractivity contribution is 7.80. The Hall–Kier alpha value is -3.56. The number of amides is 2. The molecule has 9 heteroatoms. The van der Waals surface area contributed by atoms with E-state index in [4.69, 9.17) is 17.0 Å². The van der Waals surface area contributed by atoms with Crippen molar-refractivity contribution >= 4 is 69.0 Å². The minimum Gasteiger partial charge on any atom is -0.491 e. The number of unbranched alkanes of at least 4 members (excludes halogenated alkanes) is 5. The van der Waals surface area contributed by atoms with Crippen molar-refractivity contribution in [3.63, 3.8) is 0 Å². The maximum absolute atomic E-state index is 11.4. The number of carbonyl (C=O) groups excluding carboxylic acids is 1. The summed E-state index contributed by atoms with van der Waals surface area (Å²) in [5.74, 6) is 0.632. The molecule has 0 aliphatic carbocycles. The Balaban J connectivity index is 1.10. The van der Waals surface area contributed by atoms with Gasteiger partial charge in [0.15, 0.2) is 5.11 Å². The number of fused-ring (bicyclic) bond motifs is 3. The summed E-state index contributed by atoms with van der Waals surface area (Å²) >= 11 is 9.95. The van der Waals surface area contributed by atoms with Gasteiger partial charge < -0.3 is 25.3 Å². The van der Waals surface area contributed by atoms with Crippen molar-refractivity contribution in [3.05, 3.63) is 66.7 Å². The highest BCUT2D eigenvalue weighted by atomic mass is 32.1. The first-order valence-electron chi connectivity index (χ1n) is 13.5. The zero-order chi connectivity index (χ0) is 27.5. The second-order valence-corrected chi connectivity index (χ2v) is 9.95. The lowest BCUT2D eigenvalue weighted by Crippen LogP contribution is -2.29. The topological polar surface area (TPSA) is 79.7 Å². The second-order valence-electron chi connectivity index (χ2n) is 9.36. The lowest BCUT2D eigenvalue weighted by molar-refractivity contribution is 0.259. The van der Waals surface area contributed by atoms with Crippen molar-refractivity contribution in [1.82, 2.24) is 9.88 Å². The van der Waals surface area contributed by atoms with E-state index in [1.54, 1.807) is 6.07 Å². The summed E-state index contributed by atoms with van der Waals surface area (Å²) in [7, 11) is 0. The minimum absolute atomic E-state index is 0.565. The van der Waals surface area contributed by atoms with Gasteiger partial charge in [-0.2, -0.15) is 0 Å². The van der Waals surface area contributed by atoms with Crippen LogP contribution in [0, 0.1) is 0 Å². The third-order valence-electron chi connectivity index (χ3n) is 6.67. The number of thiocarbonyl (C=S) groups is 1. The summed E-state index contributed by atoms with van der Waals surface area (Å²) in [6.45, 7) is 4.57. The van der Waals surface area contributed by atoms with Crippen LogP contribution >= 0.6 is 12.2 Å². The van der Waals surface area contributed by atoms with E-state index >= 15 is 0 Å². The molecule has 0 spiro atoms. The largest absolute Gasteiger partial charge is 0.491 e. The van der Waals surface area contributed by atoms with Crippen molar-refractivity contribution in [1.29, 1.82) is 0 Å². The molecule has 7 nitrogen and oxygen atoms in total. The molecule has 0 saturated carbocycles. The molecule has 204 valence electrons. The third-order valence-corrected chi connectivity index (χ3v) is 7.08. The molecule has 0 saturated heterocycles. The molecule has 0 fully saturated rings. The lowest BCUT2D eigenvalue weighted by atomic mass is 10.1. The lowest BCUT2D eigenvalue weighted by Gasteiger charge is -2.11. The van der Waals surface area contributed by atoms with Crippen molar-refractivity contribution in [2.45, 2.75) is 52.0 Å². The molecule has 4 rings (SSSR count). The second kappa shape index (κ2) is 14.6. The van der Waals surface area contributed by atoms with E-state index in [0.29, 0.717) is 23.2 Å². The SMILES string of the molecule is CCn1c2ccccc2c2cc(NC(=S)NCCCCCCCCOc3ccccc3NC(=O)N=S)ccc21. The van der Waals surface area contributed by atoms with Crippen LogP contribution in [0.4, 0.5) is 16.2 Å². The molecule has 2 amide bonds. The van der Waals surface area contributed by atoms with Crippen molar-refractivity contribution in [2.75, 3.05) is 23.8 Å². The number of nitrogens with one attached hydrogen (secondary N) is 3.